The summed E-state index contributed by atoms with van der Waals surface area (Å²) in [6.45, 7) is 6.42. The number of carboxylic acids is 1. The van der Waals surface area contributed by atoms with E-state index in [1.165, 1.54) is 37.8 Å². The second-order valence-corrected chi connectivity index (χ2v) is 11.7. The molecule has 20 nitrogen and oxygen atoms in total. The molecule has 1 aliphatic heterocycles. The highest BCUT2D eigenvalue weighted by Crippen LogP contribution is 2.07. The number of carbonyl (C=O) groups is 8. The molecule has 1 heterocycles. The summed E-state index contributed by atoms with van der Waals surface area (Å²) in [5.41, 5.74) is 0. The lowest BCUT2D eigenvalue weighted by atomic mass is 10.2. The number of hydrogen-bond donors (Lipinski definition) is 6. The van der Waals surface area contributed by atoms with Gasteiger partial charge in [-0.25, -0.2) is 4.79 Å². The molecule has 1 rings (SSSR count). The van der Waals surface area contributed by atoms with Gasteiger partial charge in [0.1, 0.15) is 31.5 Å². The second-order valence-electron chi connectivity index (χ2n) is 11.7. The van der Waals surface area contributed by atoms with Gasteiger partial charge < -0.3 is 55.4 Å². The normalized spacial score (nSPS) is 14.0. The van der Waals surface area contributed by atoms with Crippen molar-refractivity contribution >= 4 is 47.3 Å². The van der Waals surface area contributed by atoms with E-state index in [0.29, 0.717) is 65.4 Å². The number of nitrogens with one attached hydrogen (secondary N) is 5. The van der Waals surface area contributed by atoms with Gasteiger partial charge in [-0.2, -0.15) is 0 Å². The zero-order chi connectivity index (χ0) is 39.4. The van der Waals surface area contributed by atoms with Crippen LogP contribution in [0.1, 0.15) is 52.9 Å². The molecule has 53 heavy (non-hydrogen) atoms. The van der Waals surface area contributed by atoms with Gasteiger partial charge in [0, 0.05) is 38.1 Å². The monoisotopic (exact) mass is 758 g/mol. The fraction of sp³-hybridized carbons (Fsp3) is 0.697. The summed E-state index contributed by atoms with van der Waals surface area (Å²) in [5.74, 6) is -4.18. The number of amides is 7. The Morgan fingerprint density at radius 3 is 1.68 bits per heavy atom. The molecular formula is C33H54N6O14. The fourth-order valence-electron chi connectivity index (χ4n) is 4.26. The minimum atomic E-state index is -1.20. The maximum Gasteiger partial charge on any atom is 0.329 e. The number of rotatable bonds is 31. The van der Waals surface area contributed by atoms with Crippen LogP contribution >= 0.6 is 0 Å². The summed E-state index contributed by atoms with van der Waals surface area (Å²) >= 11 is 0. The average molecular weight is 759 g/mol. The van der Waals surface area contributed by atoms with Gasteiger partial charge in [0.25, 0.3) is 11.8 Å². The van der Waals surface area contributed by atoms with E-state index in [2.05, 4.69) is 26.6 Å². The van der Waals surface area contributed by atoms with Crippen LogP contribution in [0.2, 0.25) is 0 Å². The number of carboxylic acid groups (broad SMARTS) is 1. The number of imide groups is 1. The first kappa shape index (κ1) is 46.5. The first-order chi connectivity index (χ1) is 25.3. The molecule has 1 aliphatic rings. The van der Waals surface area contributed by atoms with Crippen LogP contribution in [0.4, 0.5) is 0 Å². The van der Waals surface area contributed by atoms with Crippen LogP contribution in [0.5, 0.6) is 0 Å². The van der Waals surface area contributed by atoms with Gasteiger partial charge in [0.05, 0.1) is 52.9 Å². The molecule has 20 heteroatoms. The van der Waals surface area contributed by atoms with E-state index in [-0.39, 0.29) is 50.7 Å². The molecule has 0 aromatic carbocycles. The summed E-state index contributed by atoms with van der Waals surface area (Å²) in [6.07, 6.45) is 4.91. The van der Waals surface area contributed by atoms with Crippen molar-refractivity contribution in [3.05, 3.63) is 12.2 Å². The van der Waals surface area contributed by atoms with Crippen LogP contribution in [0.3, 0.4) is 0 Å². The summed E-state index contributed by atoms with van der Waals surface area (Å²) in [4.78, 5) is 95.3. The molecule has 0 aliphatic carbocycles. The number of unbranched alkanes of at least 4 members (excludes halogenated alkanes) is 2. The van der Waals surface area contributed by atoms with E-state index in [9.17, 15) is 38.4 Å². The number of nitrogens with zero attached hydrogens (tertiary/aromatic N) is 1. The highest BCUT2D eigenvalue weighted by atomic mass is 16.6. The van der Waals surface area contributed by atoms with E-state index in [1.807, 2.05) is 0 Å². The summed E-state index contributed by atoms with van der Waals surface area (Å²) in [5, 5.41) is 21.0. The average Bonchev–Trinajstić information content (AvgIpc) is 3.43. The van der Waals surface area contributed by atoms with Gasteiger partial charge in [-0.1, -0.05) is 6.42 Å². The molecule has 0 unspecified atom stereocenters. The molecule has 3 atom stereocenters. The highest BCUT2D eigenvalue weighted by Gasteiger charge is 2.24. The van der Waals surface area contributed by atoms with Crippen molar-refractivity contribution in [1.29, 1.82) is 0 Å². The first-order valence-corrected chi connectivity index (χ1v) is 17.4. The Bertz CT molecular complexity index is 1210. The van der Waals surface area contributed by atoms with Crippen molar-refractivity contribution < 1.29 is 67.1 Å². The standard InChI is InChI=1S/C33H54N6O14/c1-23(31(46)35-22-53-21-30(44)45)37-33(48)25(3)38-32(47)24(2)36-27(41)10-13-49-15-17-51-19-20-52-18-16-50-14-11-34-26(40)7-5-4-6-12-39-28(42)8-9-29(39)43/h8-9,23-25H,4-7,10-22H2,1-3H3,(H,34,40)(H,35,46)(H,36,41)(H,37,48)(H,38,47)(H,44,45)/t23-,24-,25+/m0/s1. The van der Waals surface area contributed by atoms with Gasteiger partial charge >= 0.3 is 5.97 Å². The number of ether oxygens (including phenoxy) is 5. The maximum atomic E-state index is 12.4. The van der Waals surface area contributed by atoms with Crippen molar-refractivity contribution in [2.24, 2.45) is 0 Å². The maximum absolute atomic E-state index is 12.4. The van der Waals surface area contributed by atoms with E-state index in [1.54, 1.807) is 0 Å². The molecule has 7 amide bonds. The zero-order valence-corrected chi connectivity index (χ0v) is 30.6. The van der Waals surface area contributed by atoms with Crippen molar-refractivity contribution in [3.63, 3.8) is 0 Å². The molecule has 0 aromatic rings. The smallest absolute Gasteiger partial charge is 0.329 e. The van der Waals surface area contributed by atoms with Gasteiger partial charge in [0.15, 0.2) is 0 Å². The third kappa shape index (κ3) is 22.9. The van der Waals surface area contributed by atoms with E-state index in [4.69, 9.17) is 28.8 Å². The minimum Gasteiger partial charge on any atom is -0.480 e. The van der Waals surface area contributed by atoms with Gasteiger partial charge in [0.2, 0.25) is 29.5 Å². The number of carbonyl (C=O) groups excluding carboxylic acids is 7. The molecule has 0 bridgehead atoms. The molecule has 6 N–H and O–H groups in total. The van der Waals surface area contributed by atoms with Crippen molar-refractivity contribution in [2.45, 2.75) is 71.0 Å². The molecule has 0 radical (unpaired) electrons. The van der Waals surface area contributed by atoms with Crippen LogP contribution in [-0.4, -0.2) is 155 Å². The molecule has 0 spiro atoms. The van der Waals surface area contributed by atoms with E-state index < -0.39 is 54.3 Å². The van der Waals surface area contributed by atoms with Crippen LogP contribution in [0.15, 0.2) is 12.2 Å². The number of aliphatic carboxylic acids is 1. The topological polar surface area (TPSA) is 266 Å². The van der Waals surface area contributed by atoms with Crippen molar-refractivity contribution in [2.75, 3.05) is 79.3 Å². The molecule has 0 saturated carbocycles. The van der Waals surface area contributed by atoms with Gasteiger partial charge in [-0.15, -0.1) is 0 Å². The summed E-state index contributed by atoms with van der Waals surface area (Å²) < 4.78 is 26.3. The van der Waals surface area contributed by atoms with Crippen LogP contribution in [0.25, 0.3) is 0 Å². The molecule has 0 saturated heterocycles. The third-order valence-corrected chi connectivity index (χ3v) is 7.19. The Morgan fingerprint density at radius 2 is 1.11 bits per heavy atom. The molecule has 0 aromatic heterocycles. The predicted molar refractivity (Wildman–Crippen MR) is 185 cm³/mol. The molecular weight excluding hydrogens is 704 g/mol. The van der Waals surface area contributed by atoms with Gasteiger partial charge in [-0.05, 0) is 33.6 Å². The Morgan fingerprint density at radius 1 is 0.604 bits per heavy atom. The van der Waals surface area contributed by atoms with E-state index >= 15 is 0 Å². The number of hydrogen-bond acceptors (Lipinski definition) is 13. The van der Waals surface area contributed by atoms with Crippen LogP contribution in [0, 0.1) is 0 Å². The Hall–Kier alpha value is -4.50. The SMILES string of the molecule is C[C@H](NC(=O)CCOCCOCCOCCOCCNC(=O)CCCCCN1C(=O)C=CC1=O)C(=O)N[C@H](C)C(=O)N[C@@H](C)C(=O)NCOCC(=O)O. The first-order valence-electron chi connectivity index (χ1n) is 17.4. The largest absolute Gasteiger partial charge is 0.480 e. The van der Waals surface area contributed by atoms with Gasteiger partial charge in [-0.3, -0.25) is 38.5 Å². The lowest BCUT2D eigenvalue weighted by Gasteiger charge is -2.20. The lowest BCUT2D eigenvalue weighted by Crippen LogP contribution is -2.54. The zero-order valence-electron chi connectivity index (χ0n) is 30.6. The Balaban J connectivity index is 1.94. The second kappa shape index (κ2) is 28.1. The highest BCUT2D eigenvalue weighted by molar-refractivity contribution is 6.12. The van der Waals surface area contributed by atoms with E-state index in [0.717, 1.165) is 6.42 Å². The summed E-state index contributed by atoms with van der Waals surface area (Å²) in [6, 6.07) is -2.95. The Labute approximate surface area is 308 Å². The quantitative estimate of drug-likeness (QED) is 0.0248. The fourth-order valence-corrected chi connectivity index (χ4v) is 4.26. The molecule has 300 valence electrons. The van der Waals surface area contributed by atoms with Crippen LogP contribution < -0.4 is 26.6 Å². The predicted octanol–water partition coefficient (Wildman–Crippen LogP) is -2.27. The third-order valence-electron chi connectivity index (χ3n) is 7.19. The van der Waals surface area contributed by atoms with Crippen LogP contribution in [-0.2, 0) is 62.0 Å². The summed E-state index contributed by atoms with van der Waals surface area (Å²) in [7, 11) is 0. The van der Waals surface area contributed by atoms with Crippen molar-refractivity contribution in [1.82, 2.24) is 31.5 Å². The lowest BCUT2D eigenvalue weighted by molar-refractivity contribution is -0.143. The minimum absolute atomic E-state index is 0.00538. The molecule has 0 fully saturated rings. The Kier molecular flexibility index (Phi) is 24.6. The van der Waals surface area contributed by atoms with Crippen molar-refractivity contribution in [3.8, 4) is 0 Å².